The Labute approximate surface area is 352 Å². The molecule has 8 rings (SSSR count). The summed E-state index contributed by atoms with van der Waals surface area (Å²) < 4.78 is 23.3. The number of nitrogens with zero attached hydrogens (tertiary/aromatic N) is 1. The summed E-state index contributed by atoms with van der Waals surface area (Å²) >= 11 is 2.37. The van der Waals surface area contributed by atoms with Gasteiger partial charge in [0.05, 0.1) is 10.5 Å². The summed E-state index contributed by atoms with van der Waals surface area (Å²) in [5, 5.41) is 0. The van der Waals surface area contributed by atoms with Gasteiger partial charge in [-0.15, -0.1) is 0 Å². The number of H-pyrrole nitrogens is 1. The van der Waals surface area contributed by atoms with Crippen LogP contribution in [0.1, 0.15) is 64.9 Å². The smallest absolute Gasteiger partial charge is 0.330 e. The Kier molecular flexibility index (Phi) is 11.7. The van der Waals surface area contributed by atoms with Gasteiger partial charge in [0.25, 0.3) is 5.56 Å². The SMILES string of the molecule is CC(C)c1cn([C@@H]2O[C@H](COC(c3ccccc3)(c3ccccc3)c3ccccc3)[C@@H](OC(c3ccccc3)(c3ccccc3)c3ccccc3)[C@H]2I)c(=O)[nH]c1=O. The summed E-state index contributed by atoms with van der Waals surface area (Å²) in [5.74, 6) is -0.124. The topological polar surface area (TPSA) is 82.6 Å². The van der Waals surface area contributed by atoms with Gasteiger partial charge in [-0.25, -0.2) is 4.79 Å². The van der Waals surface area contributed by atoms with Crippen LogP contribution in [0.25, 0.3) is 0 Å². The molecule has 1 aliphatic rings. The number of nitrogens with one attached hydrogen (secondary N) is 1. The lowest BCUT2D eigenvalue weighted by atomic mass is 9.79. The normalized spacial score (nSPS) is 18.3. The summed E-state index contributed by atoms with van der Waals surface area (Å²) in [6, 6.07) is 61.4. The lowest BCUT2D eigenvalue weighted by molar-refractivity contribution is -0.126. The van der Waals surface area contributed by atoms with Gasteiger partial charge < -0.3 is 14.2 Å². The first-order valence-corrected chi connectivity index (χ1v) is 20.9. The minimum atomic E-state index is -1.09. The number of aromatic amines is 1. The van der Waals surface area contributed by atoms with Crippen molar-refractivity contribution in [1.82, 2.24) is 9.55 Å². The van der Waals surface area contributed by atoms with Crippen LogP contribution in [-0.2, 0) is 25.4 Å². The first kappa shape index (κ1) is 39.4. The third-order valence-electron chi connectivity index (χ3n) is 11.0. The van der Waals surface area contributed by atoms with Gasteiger partial charge in [-0.1, -0.05) is 218 Å². The van der Waals surface area contributed by atoms with Crippen molar-refractivity contribution in [3.63, 3.8) is 0 Å². The van der Waals surface area contributed by atoms with Crippen LogP contribution >= 0.6 is 22.6 Å². The predicted molar refractivity (Wildman–Crippen MR) is 236 cm³/mol. The number of rotatable bonds is 13. The van der Waals surface area contributed by atoms with Gasteiger partial charge in [0.2, 0.25) is 0 Å². The molecular formula is C50H45IN2O5. The Bertz CT molecular complexity index is 2320. The Balaban J connectivity index is 1.31. The van der Waals surface area contributed by atoms with Gasteiger partial charge >= 0.3 is 5.69 Å². The summed E-state index contributed by atoms with van der Waals surface area (Å²) in [6.45, 7) is 3.95. The second-order valence-electron chi connectivity index (χ2n) is 14.9. The molecule has 1 fully saturated rings. The van der Waals surface area contributed by atoms with Crippen LogP contribution in [0, 0.1) is 0 Å². The van der Waals surface area contributed by atoms with Crippen molar-refractivity contribution >= 4 is 22.6 Å². The highest BCUT2D eigenvalue weighted by molar-refractivity contribution is 14.1. The molecule has 7 nitrogen and oxygen atoms in total. The van der Waals surface area contributed by atoms with Crippen molar-refractivity contribution in [2.45, 2.75) is 53.3 Å². The molecule has 0 saturated carbocycles. The Hall–Kier alpha value is -5.39. The first-order chi connectivity index (χ1) is 28.3. The van der Waals surface area contributed by atoms with Gasteiger partial charge in [0, 0.05) is 11.8 Å². The third kappa shape index (κ3) is 7.41. The van der Waals surface area contributed by atoms with Crippen LogP contribution in [0.15, 0.2) is 198 Å². The molecule has 1 aromatic heterocycles. The van der Waals surface area contributed by atoms with E-state index in [1.165, 1.54) is 4.57 Å². The van der Waals surface area contributed by atoms with Gasteiger partial charge in [-0.2, -0.15) is 0 Å². The highest BCUT2D eigenvalue weighted by atomic mass is 127. The van der Waals surface area contributed by atoms with E-state index < -0.39 is 44.8 Å². The Morgan fingerprint density at radius 1 is 0.603 bits per heavy atom. The maximum absolute atomic E-state index is 13.7. The van der Waals surface area contributed by atoms with E-state index in [0.29, 0.717) is 5.56 Å². The van der Waals surface area contributed by atoms with Gasteiger partial charge in [-0.3, -0.25) is 14.3 Å². The van der Waals surface area contributed by atoms with E-state index in [2.05, 4.69) is 100 Å². The quantitative estimate of drug-likeness (QED) is 0.0709. The predicted octanol–water partition coefficient (Wildman–Crippen LogP) is 9.75. The molecule has 0 aliphatic carbocycles. The number of aromatic nitrogens is 2. The maximum Gasteiger partial charge on any atom is 0.330 e. The fraction of sp³-hybridized carbons (Fsp3) is 0.200. The molecule has 0 radical (unpaired) electrons. The third-order valence-corrected chi connectivity index (χ3v) is 12.3. The molecule has 292 valence electrons. The fourth-order valence-electron chi connectivity index (χ4n) is 8.20. The van der Waals surface area contributed by atoms with Crippen molar-refractivity contribution in [2.75, 3.05) is 6.61 Å². The van der Waals surface area contributed by atoms with Crippen molar-refractivity contribution in [2.24, 2.45) is 0 Å². The Morgan fingerprint density at radius 3 is 1.33 bits per heavy atom. The second kappa shape index (κ2) is 17.2. The summed E-state index contributed by atoms with van der Waals surface area (Å²) in [6.07, 6.45) is -0.504. The number of halogens is 1. The van der Waals surface area contributed by atoms with E-state index in [0.717, 1.165) is 33.4 Å². The van der Waals surface area contributed by atoms with Crippen molar-refractivity contribution in [1.29, 1.82) is 0 Å². The van der Waals surface area contributed by atoms with Gasteiger partial charge in [0.1, 0.15) is 23.4 Å². The molecule has 0 spiro atoms. The number of benzene rings is 6. The van der Waals surface area contributed by atoms with Crippen LogP contribution in [0.5, 0.6) is 0 Å². The van der Waals surface area contributed by atoms with Crippen molar-refractivity contribution < 1.29 is 14.2 Å². The Morgan fingerprint density at radius 2 is 0.966 bits per heavy atom. The molecule has 8 heteroatoms. The van der Waals surface area contributed by atoms with Crippen molar-refractivity contribution in [3.8, 4) is 0 Å². The van der Waals surface area contributed by atoms with E-state index in [1.54, 1.807) is 6.20 Å². The highest BCUT2D eigenvalue weighted by Gasteiger charge is 2.52. The van der Waals surface area contributed by atoms with Crippen molar-refractivity contribution in [3.05, 3.63) is 248 Å². The molecular weight excluding hydrogens is 835 g/mol. The van der Waals surface area contributed by atoms with Gasteiger partial charge in [0.15, 0.2) is 6.23 Å². The van der Waals surface area contributed by atoms with Crippen LogP contribution < -0.4 is 11.2 Å². The molecule has 1 N–H and O–H groups in total. The van der Waals surface area contributed by atoms with Crippen LogP contribution in [0.3, 0.4) is 0 Å². The standard InChI is InChI=1S/C50H45IN2O5/c1-35(2)42-33-53(48(55)52-46(42)54)47-44(51)45(58-50(39-27-15-6-16-28-39,40-29-17-7-18-30-40)41-31-19-8-20-32-41)43(57-47)34-56-49(36-21-9-3-10-22-36,37-23-11-4-12-24-37)38-25-13-5-14-26-38/h3-33,35,43-45,47H,34H2,1-2H3,(H,52,54,55)/t43-,44-,45-,47-/m1/s1. The van der Waals surface area contributed by atoms with Crippen LogP contribution in [-0.4, -0.2) is 32.3 Å². The maximum atomic E-state index is 13.7. The van der Waals surface area contributed by atoms with Crippen LogP contribution in [0.4, 0.5) is 0 Å². The summed E-state index contributed by atoms with van der Waals surface area (Å²) in [5.41, 5.74) is 3.10. The average molecular weight is 881 g/mol. The fourth-order valence-corrected chi connectivity index (χ4v) is 9.32. The molecule has 7 aromatic rings. The highest BCUT2D eigenvalue weighted by Crippen LogP contribution is 2.48. The number of hydrogen-bond donors (Lipinski definition) is 1. The lowest BCUT2D eigenvalue weighted by Crippen LogP contribution is -2.45. The zero-order valence-electron chi connectivity index (χ0n) is 32.4. The molecule has 1 saturated heterocycles. The van der Waals surface area contributed by atoms with E-state index in [-0.39, 0.29) is 12.5 Å². The molecule has 6 aromatic carbocycles. The van der Waals surface area contributed by atoms with Gasteiger partial charge in [-0.05, 0) is 39.3 Å². The first-order valence-electron chi connectivity index (χ1n) is 19.6. The van der Waals surface area contributed by atoms with E-state index in [4.69, 9.17) is 14.2 Å². The largest absolute Gasteiger partial charge is 0.358 e. The van der Waals surface area contributed by atoms with E-state index in [9.17, 15) is 9.59 Å². The summed E-state index contributed by atoms with van der Waals surface area (Å²) in [7, 11) is 0. The summed E-state index contributed by atoms with van der Waals surface area (Å²) in [4.78, 5) is 29.3. The molecule has 2 heterocycles. The number of alkyl halides is 1. The average Bonchev–Trinajstić information content (AvgIpc) is 3.58. The van der Waals surface area contributed by atoms with Crippen LogP contribution in [0.2, 0.25) is 0 Å². The number of ether oxygens (including phenoxy) is 3. The minimum absolute atomic E-state index is 0.0863. The van der Waals surface area contributed by atoms with E-state index in [1.807, 2.05) is 123 Å². The molecule has 58 heavy (non-hydrogen) atoms. The second-order valence-corrected chi connectivity index (χ2v) is 16.3. The lowest BCUT2D eigenvalue weighted by Gasteiger charge is -2.41. The molecule has 1 aliphatic heterocycles. The monoisotopic (exact) mass is 880 g/mol. The molecule has 0 bridgehead atoms. The minimum Gasteiger partial charge on any atom is -0.358 e. The zero-order chi connectivity index (χ0) is 40.1. The number of hydrogen-bond acceptors (Lipinski definition) is 5. The molecule has 0 amide bonds. The van der Waals surface area contributed by atoms with E-state index >= 15 is 0 Å². The molecule has 0 unspecified atom stereocenters. The molecule has 4 atom stereocenters. The zero-order valence-corrected chi connectivity index (χ0v) is 34.5.